The number of aryl methyl sites for hydroxylation is 1. The number of methoxy groups -OCH3 is 1. The molecule has 0 saturated carbocycles. The van der Waals surface area contributed by atoms with Gasteiger partial charge in [-0.1, -0.05) is 0 Å². The highest BCUT2D eigenvalue weighted by Crippen LogP contribution is 2.29. The summed E-state index contributed by atoms with van der Waals surface area (Å²) in [7, 11) is -2.35. The van der Waals surface area contributed by atoms with Crippen molar-refractivity contribution in [2.75, 3.05) is 13.4 Å². The molecule has 0 aliphatic carbocycles. The molecule has 0 fully saturated rings. The van der Waals surface area contributed by atoms with E-state index in [2.05, 4.69) is 9.72 Å². The largest absolute Gasteiger partial charge is 0.465 e. The molecular formula is C15H15NO5S. The quantitative estimate of drug-likeness (QED) is 0.804. The van der Waals surface area contributed by atoms with E-state index in [0.29, 0.717) is 5.75 Å². The minimum Gasteiger partial charge on any atom is -0.465 e. The summed E-state index contributed by atoms with van der Waals surface area (Å²) in [4.78, 5) is 15.5. The van der Waals surface area contributed by atoms with E-state index in [-0.39, 0.29) is 16.2 Å². The topological polar surface area (TPSA) is 82.6 Å². The zero-order valence-electron chi connectivity index (χ0n) is 12.4. The molecule has 0 aliphatic rings. The van der Waals surface area contributed by atoms with Crippen LogP contribution in [0.4, 0.5) is 0 Å². The molecular weight excluding hydrogens is 306 g/mol. The number of hydrogen-bond acceptors (Lipinski definition) is 6. The van der Waals surface area contributed by atoms with Crippen LogP contribution in [-0.2, 0) is 14.6 Å². The summed E-state index contributed by atoms with van der Waals surface area (Å²) in [6.45, 7) is 1.83. The third kappa shape index (κ3) is 3.62. The highest BCUT2D eigenvalue weighted by atomic mass is 32.2. The standard InChI is InChI=1S/C15H15NO5S/c1-10-4-6-12(9-16-10)21-13-7-5-11(15(17)20-2)8-14(13)22(3,18)19/h4-9H,1-3H3. The molecule has 1 aromatic heterocycles. The molecule has 0 N–H and O–H groups in total. The number of aromatic nitrogens is 1. The molecule has 1 aromatic carbocycles. The summed E-state index contributed by atoms with van der Waals surface area (Å²) in [5.74, 6) is -0.0874. The molecule has 1 heterocycles. The lowest BCUT2D eigenvalue weighted by atomic mass is 10.2. The lowest BCUT2D eigenvalue weighted by molar-refractivity contribution is 0.0600. The van der Waals surface area contributed by atoms with Crippen LogP contribution < -0.4 is 4.74 Å². The average molecular weight is 321 g/mol. The highest BCUT2D eigenvalue weighted by Gasteiger charge is 2.19. The maximum Gasteiger partial charge on any atom is 0.337 e. The van der Waals surface area contributed by atoms with E-state index in [1.165, 1.54) is 31.5 Å². The van der Waals surface area contributed by atoms with E-state index in [9.17, 15) is 13.2 Å². The zero-order valence-corrected chi connectivity index (χ0v) is 13.2. The first kappa shape index (κ1) is 16.0. The summed E-state index contributed by atoms with van der Waals surface area (Å²) in [6, 6.07) is 7.53. The van der Waals surface area contributed by atoms with Crippen LogP contribution in [0.5, 0.6) is 11.5 Å². The number of pyridine rings is 1. The summed E-state index contributed by atoms with van der Waals surface area (Å²) in [5, 5.41) is 0. The first-order chi connectivity index (χ1) is 10.3. The minimum absolute atomic E-state index is 0.0871. The second kappa shape index (κ2) is 6.15. The van der Waals surface area contributed by atoms with E-state index >= 15 is 0 Å². The van der Waals surface area contributed by atoms with Crippen LogP contribution in [0.1, 0.15) is 16.1 Å². The van der Waals surface area contributed by atoms with Crippen molar-refractivity contribution in [3.8, 4) is 11.5 Å². The van der Waals surface area contributed by atoms with Crippen LogP contribution >= 0.6 is 0 Å². The van der Waals surface area contributed by atoms with Gasteiger partial charge >= 0.3 is 5.97 Å². The Balaban J connectivity index is 2.46. The van der Waals surface area contributed by atoms with Gasteiger partial charge in [0.25, 0.3) is 0 Å². The molecule has 0 saturated heterocycles. The number of esters is 1. The fourth-order valence-electron chi connectivity index (χ4n) is 1.77. The number of ether oxygens (including phenoxy) is 2. The zero-order chi connectivity index (χ0) is 16.3. The SMILES string of the molecule is COC(=O)c1ccc(Oc2ccc(C)nc2)c(S(C)(=O)=O)c1. The molecule has 0 unspecified atom stereocenters. The maximum atomic E-state index is 11.9. The molecule has 0 spiro atoms. The normalized spacial score (nSPS) is 11.0. The molecule has 0 radical (unpaired) electrons. The van der Waals surface area contributed by atoms with E-state index in [1.54, 1.807) is 12.1 Å². The molecule has 0 atom stereocenters. The Morgan fingerprint density at radius 2 is 1.91 bits per heavy atom. The lowest BCUT2D eigenvalue weighted by Crippen LogP contribution is -2.06. The summed E-state index contributed by atoms with van der Waals surface area (Å²) in [5.41, 5.74) is 0.953. The van der Waals surface area contributed by atoms with Crippen LogP contribution in [0.2, 0.25) is 0 Å². The maximum absolute atomic E-state index is 11.9. The Bertz CT molecular complexity index is 797. The summed E-state index contributed by atoms with van der Waals surface area (Å²) in [6.07, 6.45) is 2.54. The Morgan fingerprint density at radius 1 is 1.18 bits per heavy atom. The van der Waals surface area contributed by atoms with E-state index in [4.69, 9.17) is 4.74 Å². The van der Waals surface area contributed by atoms with Gasteiger partial charge in [0.15, 0.2) is 9.84 Å². The van der Waals surface area contributed by atoms with Crippen LogP contribution in [0, 0.1) is 6.92 Å². The molecule has 0 bridgehead atoms. The third-order valence-corrected chi connectivity index (χ3v) is 3.99. The summed E-state index contributed by atoms with van der Waals surface area (Å²) >= 11 is 0. The van der Waals surface area contributed by atoms with Gasteiger partial charge in [-0.15, -0.1) is 0 Å². The second-order valence-corrected chi connectivity index (χ2v) is 6.65. The molecule has 7 heteroatoms. The number of sulfone groups is 1. The molecule has 2 aromatic rings. The van der Waals surface area contributed by atoms with Crippen molar-refractivity contribution in [3.05, 3.63) is 47.8 Å². The molecule has 2 rings (SSSR count). The van der Waals surface area contributed by atoms with E-state index in [0.717, 1.165) is 11.9 Å². The number of hydrogen-bond donors (Lipinski definition) is 0. The van der Waals surface area contributed by atoms with Crippen LogP contribution in [0.3, 0.4) is 0 Å². The lowest BCUT2D eigenvalue weighted by Gasteiger charge is -2.11. The van der Waals surface area contributed by atoms with Crippen molar-refractivity contribution in [1.82, 2.24) is 4.98 Å². The average Bonchev–Trinajstić information content (AvgIpc) is 2.48. The fourth-order valence-corrected chi connectivity index (χ4v) is 2.58. The smallest absolute Gasteiger partial charge is 0.337 e. The number of carbonyl (C=O) groups excluding carboxylic acids is 1. The highest BCUT2D eigenvalue weighted by molar-refractivity contribution is 7.90. The van der Waals surface area contributed by atoms with Gasteiger partial charge in [0, 0.05) is 11.9 Å². The minimum atomic E-state index is -3.58. The first-order valence-corrected chi connectivity index (χ1v) is 8.23. The Morgan fingerprint density at radius 3 is 2.45 bits per heavy atom. The van der Waals surface area contributed by atoms with Gasteiger partial charge in [0.2, 0.25) is 0 Å². The predicted molar refractivity (Wildman–Crippen MR) is 79.9 cm³/mol. The van der Waals surface area contributed by atoms with Gasteiger partial charge in [-0.3, -0.25) is 4.98 Å². The monoisotopic (exact) mass is 321 g/mol. The van der Waals surface area contributed by atoms with Gasteiger partial charge in [0.1, 0.15) is 16.4 Å². The van der Waals surface area contributed by atoms with Gasteiger partial charge in [-0.05, 0) is 37.3 Å². The molecule has 116 valence electrons. The van der Waals surface area contributed by atoms with Gasteiger partial charge < -0.3 is 9.47 Å². The molecule has 0 amide bonds. The van der Waals surface area contributed by atoms with Crippen molar-refractivity contribution in [2.45, 2.75) is 11.8 Å². The van der Waals surface area contributed by atoms with Crippen molar-refractivity contribution in [3.63, 3.8) is 0 Å². The van der Waals surface area contributed by atoms with E-state index in [1.807, 2.05) is 6.92 Å². The second-order valence-electron chi connectivity index (χ2n) is 4.66. The third-order valence-electron chi connectivity index (χ3n) is 2.88. The Hall–Kier alpha value is -2.41. The number of carbonyl (C=O) groups is 1. The Kier molecular flexibility index (Phi) is 4.46. The molecule has 0 aliphatic heterocycles. The number of rotatable bonds is 4. The van der Waals surface area contributed by atoms with Crippen molar-refractivity contribution >= 4 is 15.8 Å². The Labute approximate surface area is 128 Å². The van der Waals surface area contributed by atoms with Gasteiger partial charge in [0.05, 0.1) is 18.9 Å². The van der Waals surface area contributed by atoms with Crippen molar-refractivity contribution in [2.24, 2.45) is 0 Å². The van der Waals surface area contributed by atoms with E-state index < -0.39 is 15.8 Å². The van der Waals surface area contributed by atoms with Gasteiger partial charge in [-0.25, -0.2) is 13.2 Å². The van der Waals surface area contributed by atoms with Crippen molar-refractivity contribution in [1.29, 1.82) is 0 Å². The van der Waals surface area contributed by atoms with Crippen LogP contribution in [0.25, 0.3) is 0 Å². The molecule has 6 nitrogen and oxygen atoms in total. The number of nitrogens with zero attached hydrogens (tertiary/aromatic N) is 1. The van der Waals surface area contributed by atoms with Crippen LogP contribution in [0.15, 0.2) is 41.4 Å². The fraction of sp³-hybridized carbons (Fsp3) is 0.200. The summed E-state index contributed by atoms with van der Waals surface area (Å²) < 4.78 is 34.0. The predicted octanol–water partition coefficient (Wildman–Crippen LogP) is 2.37. The first-order valence-electron chi connectivity index (χ1n) is 6.34. The number of benzene rings is 1. The van der Waals surface area contributed by atoms with Crippen LogP contribution in [-0.4, -0.2) is 32.7 Å². The van der Waals surface area contributed by atoms with Crippen molar-refractivity contribution < 1.29 is 22.7 Å². The van der Waals surface area contributed by atoms with Gasteiger partial charge in [-0.2, -0.15) is 0 Å². The molecule has 22 heavy (non-hydrogen) atoms.